The zero-order chi connectivity index (χ0) is 26.8. The van der Waals surface area contributed by atoms with Crippen LogP contribution in [-0.2, 0) is 33.5 Å². The SMILES string of the molecule is CN1C(=O)[C@@H](F)C[C@H]1C(=O)N1CC[C@@]2(Cc3ccccc3)c3ccc(C(C)(F)C(F)(F)F)cc3CC[C@@H]12. The Labute approximate surface area is 212 Å². The van der Waals surface area contributed by atoms with Gasteiger partial charge in [-0.25, -0.2) is 8.78 Å². The normalized spacial score (nSPS) is 29.2. The van der Waals surface area contributed by atoms with Crippen molar-refractivity contribution in [3.8, 4) is 0 Å². The zero-order valence-corrected chi connectivity index (χ0v) is 20.7. The maximum Gasteiger partial charge on any atom is 0.426 e. The van der Waals surface area contributed by atoms with Gasteiger partial charge in [0.2, 0.25) is 11.6 Å². The summed E-state index contributed by atoms with van der Waals surface area (Å²) in [6, 6.07) is 12.6. The Bertz CT molecular complexity index is 1210. The van der Waals surface area contributed by atoms with Gasteiger partial charge in [-0.3, -0.25) is 9.59 Å². The van der Waals surface area contributed by atoms with Crippen LogP contribution in [0.15, 0.2) is 48.5 Å². The van der Waals surface area contributed by atoms with E-state index in [1.165, 1.54) is 24.1 Å². The van der Waals surface area contributed by atoms with Gasteiger partial charge in [0.05, 0.1) is 0 Å². The number of nitrogens with zero attached hydrogens (tertiary/aromatic N) is 2. The van der Waals surface area contributed by atoms with Crippen molar-refractivity contribution in [3.63, 3.8) is 0 Å². The smallest absolute Gasteiger partial charge is 0.337 e. The van der Waals surface area contributed by atoms with Gasteiger partial charge in [0.25, 0.3) is 5.91 Å². The summed E-state index contributed by atoms with van der Waals surface area (Å²) < 4.78 is 69.2. The summed E-state index contributed by atoms with van der Waals surface area (Å²) in [5.74, 6) is -1.00. The zero-order valence-electron chi connectivity index (χ0n) is 20.7. The largest absolute Gasteiger partial charge is 0.426 e. The van der Waals surface area contributed by atoms with Crippen molar-refractivity contribution >= 4 is 11.8 Å². The molecule has 37 heavy (non-hydrogen) atoms. The Hall–Kier alpha value is -2.97. The fraction of sp³-hybridized carbons (Fsp3) is 0.500. The number of rotatable bonds is 4. The molecule has 3 aliphatic rings. The molecule has 5 atom stereocenters. The average Bonchev–Trinajstić information content (AvgIpc) is 3.36. The van der Waals surface area contributed by atoms with Crippen LogP contribution in [0.5, 0.6) is 0 Å². The average molecular weight is 521 g/mol. The Balaban J connectivity index is 1.55. The molecule has 2 fully saturated rings. The summed E-state index contributed by atoms with van der Waals surface area (Å²) in [7, 11) is 1.43. The molecule has 5 rings (SSSR count). The van der Waals surface area contributed by atoms with Crippen molar-refractivity contribution in [2.24, 2.45) is 0 Å². The minimum absolute atomic E-state index is 0.185. The van der Waals surface area contributed by atoms with Gasteiger partial charge in [-0.05, 0) is 54.9 Å². The van der Waals surface area contributed by atoms with Crippen molar-refractivity contribution < 1.29 is 31.5 Å². The fourth-order valence-corrected chi connectivity index (χ4v) is 6.53. The van der Waals surface area contributed by atoms with Crippen LogP contribution in [-0.4, -0.2) is 59.6 Å². The molecule has 2 aliphatic heterocycles. The summed E-state index contributed by atoms with van der Waals surface area (Å²) in [6.45, 7) is 0.921. The minimum atomic E-state index is -5.05. The van der Waals surface area contributed by atoms with E-state index in [1.807, 2.05) is 30.3 Å². The van der Waals surface area contributed by atoms with E-state index >= 15 is 0 Å². The lowest BCUT2D eigenvalue weighted by Gasteiger charge is -2.44. The standard InChI is InChI=1S/C28H29F5N2O2/c1-26(30,28(31,32)33)19-9-10-20-18(14-19)8-11-23-27(20,16-17-6-4-3-5-7-17)12-13-35(23)25(37)22-15-21(29)24(36)34(22)2/h3-7,9-10,14,21-23H,8,11-13,15-16H2,1-2H3/t21-,22-,23+,26?,27+/m0/s1. The molecule has 0 N–H and O–H groups in total. The first-order valence-corrected chi connectivity index (χ1v) is 12.5. The van der Waals surface area contributed by atoms with Gasteiger partial charge >= 0.3 is 6.18 Å². The topological polar surface area (TPSA) is 40.6 Å². The van der Waals surface area contributed by atoms with E-state index < -0.39 is 40.9 Å². The van der Waals surface area contributed by atoms with Crippen LogP contribution in [0.4, 0.5) is 22.0 Å². The van der Waals surface area contributed by atoms with Gasteiger partial charge in [-0.1, -0.05) is 48.5 Å². The lowest BCUT2D eigenvalue weighted by molar-refractivity contribution is -0.228. The third kappa shape index (κ3) is 4.01. The Morgan fingerprint density at radius 2 is 1.81 bits per heavy atom. The van der Waals surface area contributed by atoms with Gasteiger partial charge in [-0.2, -0.15) is 13.2 Å². The molecular weight excluding hydrogens is 491 g/mol. The fourth-order valence-electron chi connectivity index (χ4n) is 6.53. The Morgan fingerprint density at radius 3 is 2.43 bits per heavy atom. The molecule has 2 aromatic carbocycles. The van der Waals surface area contributed by atoms with Gasteiger partial charge in [0.1, 0.15) is 6.04 Å². The molecule has 198 valence electrons. The quantitative estimate of drug-likeness (QED) is 0.531. The third-order valence-electron chi connectivity index (χ3n) is 8.66. The number of halogens is 5. The van der Waals surface area contributed by atoms with E-state index in [0.717, 1.165) is 11.1 Å². The number of carbonyl (C=O) groups is 2. The van der Waals surface area contributed by atoms with Crippen molar-refractivity contribution in [3.05, 3.63) is 70.8 Å². The highest BCUT2D eigenvalue weighted by molar-refractivity contribution is 5.93. The van der Waals surface area contributed by atoms with Crippen molar-refractivity contribution in [2.45, 2.75) is 74.5 Å². The first-order chi connectivity index (χ1) is 17.4. The summed E-state index contributed by atoms with van der Waals surface area (Å²) >= 11 is 0. The number of fused-ring (bicyclic) bond motifs is 3. The first kappa shape index (κ1) is 25.7. The third-order valence-corrected chi connectivity index (χ3v) is 8.66. The lowest BCUT2D eigenvalue weighted by Crippen LogP contribution is -2.53. The summed E-state index contributed by atoms with van der Waals surface area (Å²) in [6.07, 6.45) is -4.97. The van der Waals surface area contributed by atoms with Gasteiger partial charge in [0.15, 0.2) is 6.17 Å². The molecule has 1 aliphatic carbocycles. The van der Waals surface area contributed by atoms with E-state index in [1.54, 1.807) is 11.0 Å². The van der Waals surface area contributed by atoms with E-state index in [4.69, 9.17) is 0 Å². The molecule has 0 spiro atoms. The lowest BCUT2D eigenvalue weighted by atomic mass is 9.63. The molecule has 0 bridgehead atoms. The second-order valence-corrected chi connectivity index (χ2v) is 10.7. The number of amides is 2. The van der Waals surface area contributed by atoms with Crippen LogP contribution in [0.1, 0.15) is 48.4 Å². The summed E-state index contributed by atoms with van der Waals surface area (Å²) in [5.41, 5.74) is -2.01. The van der Waals surface area contributed by atoms with E-state index in [2.05, 4.69) is 0 Å². The summed E-state index contributed by atoms with van der Waals surface area (Å²) in [5, 5.41) is 0. The first-order valence-electron chi connectivity index (χ1n) is 12.5. The highest BCUT2D eigenvalue weighted by Gasteiger charge is 2.56. The number of alkyl halides is 5. The number of likely N-dealkylation sites (tertiary alicyclic amines) is 2. The predicted molar refractivity (Wildman–Crippen MR) is 127 cm³/mol. The predicted octanol–water partition coefficient (Wildman–Crippen LogP) is 5.03. The van der Waals surface area contributed by atoms with Crippen molar-refractivity contribution in [1.82, 2.24) is 9.80 Å². The van der Waals surface area contributed by atoms with Gasteiger partial charge in [0, 0.05) is 31.5 Å². The number of hydrogen-bond acceptors (Lipinski definition) is 2. The maximum atomic E-state index is 14.8. The van der Waals surface area contributed by atoms with Gasteiger partial charge < -0.3 is 9.80 Å². The highest BCUT2D eigenvalue weighted by atomic mass is 19.4. The Kier molecular flexibility index (Phi) is 6.11. The Morgan fingerprint density at radius 1 is 1.11 bits per heavy atom. The molecule has 2 amide bonds. The van der Waals surface area contributed by atoms with Crippen LogP contribution in [0.3, 0.4) is 0 Å². The van der Waals surface area contributed by atoms with Crippen LogP contribution >= 0.6 is 0 Å². The summed E-state index contributed by atoms with van der Waals surface area (Å²) in [4.78, 5) is 28.5. The van der Waals surface area contributed by atoms with Crippen LogP contribution < -0.4 is 0 Å². The van der Waals surface area contributed by atoms with E-state index in [0.29, 0.717) is 44.7 Å². The van der Waals surface area contributed by atoms with E-state index in [-0.39, 0.29) is 18.4 Å². The number of aryl methyl sites for hydroxylation is 1. The maximum absolute atomic E-state index is 14.8. The van der Waals surface area contributed by atoms with Crippen LogP contribution in [0, 0.1) is 0 Å². The molecular formula is C28H29F5N2O2. The number of carbonyl (C=O) groups excluding carboxylic acids is 2. The molecule has 0 aromatic heterocycles. The van der Waals surface area contributed by atoms with E-state index in [9.17, 15) is 31.5 Å². The highest BCUT2D eigenvalue weighted by Crippen LogP contribution is 2.51. The second kappa shape index (κ2) is 8.81. The molecule has 1 unspecified atom stereocenters. The minimum Gasteiger partial charge on any atom is -0.337 e. The number of benzene rings is 2. The molecule has 2 heterocycles. The molecule has 0 saturated carbocycles. The van der Waals surface area contributed by atoms with Crippen LogP contribution in [0.25, 0.3) is 0 Å². The van der Waals surface area contributed by atoms with Crippen LogP contribution in [0.2, 0.25) is 0 Å². The molecule has 0 radical (unpaired) electrons. The number of likely N-dealkylation sites (N-methyl/N-ethyl adjacent to an activating group) is 1. The molecule has 4 nitrogen and oxygen atoms in total. The molecule has 2 saturated heterocycles. The van der Waals surface area contributed by atoms with Crippen molar-refractivity contribution in [2.75, 3.05) is 13.6 Å². The molecule has 9 heteroatoms. The second-order valence-electron chi connectivity index (χ2n) is 10.7. The van der Waals surface area contributed by atoms with Gasteiger partial charge in [-0.15, -0.1) is 0 Å². The molecule has 2 aromatic rings. The monoisotopic (exact) mass is 520 g/mol. The number of hydrogen-bond donors (Lipinski definition) is 0. The van der Waals surface area contributed by atoms with Crippen molar-refractivity contribution in [1.29, 1.82) is 0 Å².